The number of amides is 1. The van der Waals surface area contributed by atoms with E-state index in [0.717, 1.165) is 25.3 Å². The van der Waals surface area contributed by atoms with Gasteiger partial charge in [0.2, 0.25) is 5.91 Å². The highest BCUT2D eigenvalue weighted by Crippen LogP contribution is 2.27. The first kappa shape index (κ1) is 12.9. The molecule has 1 saturated heterocycles. The lowest BCUT2D eigenvalue weighted by molar-refractivity contribution is -0.130. The van der Waals surface area contributed by atoms with Gasteiger partial charge in [-0.15, -0.1) is 0 Å². The molecule has 0 bridgehead atoms. The molecule has 2 aromatic heterocycles. The molecule has 1 aliphatic heterocycles. The number of nitrogens with zero attached hydrogens (tertiary/aromatic N) is 4. The quantitative estimate of drug-likeness (QED) is 0.915. The monoisotopic (exact) mass is 273 g/mol. The van der Waals surface area contributed by atoms with Crippen LogP contribution in [0.4, 0.5) is 0 Å². The lowest BCUT2D eigenvalue weighted by atomic mass is 10.0. The molecule has 1 aliphatic rings. The molecule has 3 heterocycles. The highest BCUT2D eigenvalue weighted by Gasteiger charge is 2.29. The van der Waals surface area contributed by atoms with Crippen molar-refractivity contribution in [2.75, 3.05) is 13.1 Å². The van der Waals surface area contributed by atoms with Gasteiger partial charge >= 0.3 is 0 Å². The predicted molar refractivity (Wildman–Crippen MR) is 74.2 cm³/mol. The summed E-state index contributed by atoms with van der Waals surface area (Å²) in [6.45, 7) is 5.93. The van der Waals surface area contributed by atoms with Crippen molar-refractivity contribution < 1.29 is 4.79 Å². The Kier molecular flexibility index (Phi) is 3.30. The Morgan fingerprint density at radius 2 is 2.35 bits per heavy atom. The van der Waals surface area contributed by atoms with Crippen LogP contribution in [0.5, 0.6) is 0 Å². The van der Waals surface area contributed by atoms with Crippen LogP contribution in [0.1, 0.15) is 29.4 Å². The van der Waals surface area contributed by atoms with Crippen molar-refractivity contribution in [3.05, 3.63) is 35.7 Å². The van der Waals surface area contributed by atoms with Crippen LogP contribution in [-0.2, 0) is 11.3 Å². The number of rotatable bonds is 3. The average Bonchev–Trinajstić information content (AvgIpc) is 3.11. The van der Waals surface area contributed by atoms with Crippen molar-refractivity contribution in [2.45, 2.75) is 32.7 Å². The molecule has 106 valence electrons. The minimum absolute atomic E-state index is 0.158. The van der Waals surface area contributed by atoms with Crippen molar-refractivity contribution >= 4 is 5.91 Å². The second kappa shape index (κ2) is 5.11. The third-order valence-corrected chi connectivity index (χ3v) is 4.05. The normalized spacial score (nSPS) is 18.7. The third kappa shape index (κ3) is 2.33. The molecule has 1 amide bonds. The maximum atomic E-state index is 12.3. The van der Waals surface area contributed by atoms with E-state index in [2.05, 4.69) is 22.1 Å². The zero-order valence-electron chi connectivity index (χ0n) is 11.8. The highest BCUT2D eigenvalue weighted by atomic mass is 16.2. The molecule has 0 radical (unpaired) electrons. The number of hydrogen-bond donors (Lipinski definition) is 1. The number of nitrogens with one attached hydrogen (secondary N) is 1. The molecule has 2 aromatic rings. The summed E-state index contributed by atoms with van der Waals surface area (Å²) in [5, 5.41) is 7.13. The second-order valence-electron chi connectivity index (χ2n) is 5.39. The van der Waals surface area contributed by atoms with Crippen LogP contribution < -0.4 is 0 Å². The van der Waals surface area contributed by atoms with E-state index >= 15 is 0 Å². The maximum Gasteiger partial charge on any atom is 0.242 e. The lowest BCUT2D eigenvalue weighted by Crippen LogP contribution is -2.31. The van der Waals surface area contributed by atoms with Crippen LogP contribution in [0.15, 0.2) is 18.6 Å². The average molecular weight is 273 g/mol. The van der Waals surface area contributed by atoms with Gasteiger partial charge in [-0.2, -0.15) is 5.10 Å². The van der Waals surface area contributed by atoms with E-state index < -0.39 is 0 Å². The van der Waals surface area contributed by atoms with Crippen molar-refractivity contribution in [3.63, 3.8) is 0 Å². The SMILES string of the molecule is Cc1cn[nH]c1C1CCN(C(=O)Cn2ccnc2C)C1. The number of carbonyl (C=O) groups excluding carboxylic acids is 1. The first-order valence-electron chi connectivity index (χ1n) is 6.90. The fraction of sp³-hybridized carbons (Fsp3) is 0.500. The van der Waals surface area contributed by atoms with E-state index in [-0.39, 0.29) is 5.91 Å². The number of aromatic nitrogens is 4. The summed E-state index contributed by atoms with van der Waals surface area (Å²) in [6, 6.07) is 0. The Labute approximate surface area is 117 Å². The van der Waals surface area contributed by atoms with E-state index in [0.29, 0.717) is 12.5 Å². The first-order chi connectivity index (χ1) is 9.65. The molecule has 0 aliphatic carbocycles. The molecule has 1 unspecified atom stereocenters. The van der Waals surface area contributed by atoms with E-state index in [1.54, 1.807) is 6.20 Å². The van der Waals surface area contributed by atoms with Gasteiger partial charge < -0.3 is 9.47 Å². The third-order valence-electron chi connectivity index (χ3n) is 4.05. The second-order valence-corrected chi connectivity index (χ2v) is 5.39. The number of aryl methyl sites for hydroxylation is 2. The van der Waals surface area contributed by atoms with Crippen molar-refractivity contribution in [1.29, 1.82) is 0 Å². The molecule has 6 heteroatoms. The largest absolute Gasteiger partial charge is 0.340 e. The van der Waals surface area contributed by atoms with Gasteiger partial charge in [-0.3, -0.25) is 9.89 Å². The summed E-state index contributed by atoms with van der Waals surface area (Å²) < 4.78 is 1.89. The van der Waals surface area contributed by atoms with Crippen LogP contribution in [0.2, 0.25) is 0 Å². The minimum Gasteiger partial charge on any atom is -0.340 e. The fourth-order valence-electron chi connectivity index (χ4n) is 2.81. The standard InChI is InChI=1S/C14H19N5O/c1-10-7-16-17-14(10)12-3-5-19(8-12)13(20)9-18-6-4-15-11(18)2/h4,6-7,12H,3,5,8-9H2,1-2H3,(H,16,17). The fourth-order valence-corrected chi connectivity index (χ4v) is 2.81. The first-order valence-corrected chi connectivity index (χ1v) is 6.90. The zero-order chi connectivity index (χ0) is 14.1. The van der Waals surface area contributed by atoms with E-state index in [9.17, 15) is 4.79 Å². The summed E-state index contributed by atoms with van der Waals surface area (Å²) in [6.07, 6.45) is 6.41. The molecular weight excluding hydrogens is 254 g/mol. The molecule has 0 spiro atoms. The van der Waals surface area contributed by atoms with Crippen LogP contribution in [0.25, 0.3) is 0 Å². The zero-order valence-corrected chi connectivity index (χ0v) is 11.8. The highest BCUT2D eigenvalue weighted by molar-refractivity contribution is 5.76. The minimum atomic E-state index is 0.158. The molecule has 1 atom stereocenters. The van der Waals surface area contributed by atoms with Crippen molar-refractivity contribution in [1.82, 2.24) is 24.6 Å². The molecular formula is C14H19N5O. The number of carbonyl (C=O) groups is 1. The van der Waals surface area contributed by atoms with Crippen molar-refractivity contribution in [3.8, 4) is 0 Å². The van der Waals surface area contributed by atoms with Gasteiger partial charge in [-0.1, -0.05) is 0 Å². The number of aromatic amines is 1. The molecule has 3 rings (SSSR count). The molecule has 0 aromatic carbocycles. The van der Waals surface area contributed by atoms with Gasteiger partial charge in [0.1, 0.15) is 12.4 Å². The van der Waals surface area contributed by atoms with Gasteiger partial charge in [0.15, 0.2) is 0 Å². The summed E-state index contributed by atoms with van der Waals surface area (Å²) in [4.78, 5) is 18.4. The van der Waals surface area contributed by atoms with Crippen LogP contribution >= 0.6 is 0 Å². The van der Waals surface area contributed by atoms with E-state index in [4.69, 9.17) is 0 Å². The van der Waals surface area contributed by atoms with Gasteiger partial charge in [0.25, 0.3) is 0 Å². The Morgan fingerprint density at radius 3 is 3.00 bits per heavy atom. The summed E-state index contributed by atoms with van der Waals surface area (Å²) in [7, 11) is 0. The Balaban J connectivity index is 1.64. The summed E-state index contributed by atoms with van der Waals surface area (Å²) in [5.74, 6) is 1.41. The Hall–Kier alpha value is -2.11. The van der Waals surface area contributed by atoms with E-state index in [1.807, 2.05) is 28.8 Å². The molecule has 6 nitrogen and oxygen atoms in total. The Bertz CT molecular complexity index is 615. The number of imidazole rings is 1. The van der Waals surface area contributed by atoms with Crippen LogP contribution in [0, 0.1) is 13.8 Å². The number of hydrogen-bond acceptors (Lipinski definition) is 3. The van der Waals surface area contributed by atoms with Gasteiger partial charge in [0, 0.05) is 37.1 Å². The van der Waals surface area contributed by atoms with Crippen LogP contribution in [0.3, 0.4) is 0 Å². The molecule has 1 N–H and O–H groups in total. The lowest BCUT2D eigenvalue weighted by Gasteiger charge is -2.17. The van der Waals surface area contributed by atoms with E-state index in [1.165, 1.54) is 11.3 Å². The summed E-state index contributed by atoms with van der Waals surface area (Å²) >= 11 is 0. The van der Waals surface area contributed by atoms with Gasteiger partial charge in [0.05, 0.1) is 6.20 Å². The van der Waals surface area contributed by atoms with Gasteiger partial charge in [-0.05, 0) is 25.8 Å². The summed E-state index contributed by atoms with van der Waals surface area (Å²) in [5.41, 5.74) is 2.34. The van der Waals surface area contributed by atoms with Crippen molar-refractivity contribution in [2.24, 2.45) is 0 Å². The number of likely N-dealkylation sites (tertiary alicyclic amines) is 1. The molecule has 0 saturated carbocycles. The van der Waals surface area contributed by atoms with Crippen LogP contribution in [-0.4, -0.2) is 43.6 Å². The topological polar surface area (TPSA) is 66.8 Å². The predicted octanol–water partition coefficient (Wildman–Crippen LogP) is 1.24. The number of H-pyrrole nitrogens is 1. The van der Waals surface area contributed by atoms with Gasteiger partial charge in [-0.25, -0.2) is 4.98 Å². The smallest absolute Gasteiger partial charge is 0.242 e. The maximum absolute atomic E-state index is 12.3. The molecule has 1 fully saturated rings. The Morgan fingerprint density at radius 1 is 1.50 bits per heavy atom. The molecule has 20 heavy (non-hydrogen) atoms.